The highest BCUT2D eigenvalue weighted by atomic mass is 32.2. The van der Waals surface area contributed by atoms with E-state index in [2.05, 4.69) is 61.8 Å². The van der Waals surface area contributed by atoms with Crippen molar-refractivity contribution in [2.45, 2.75) is 37.8 Å². The van der Waals surface area contributed by atoms with Gasteiger partial charge in [0.2, 0.25) is 0 Å². The smallest absolute Gasteiger partial charge is 0.335 e. The Morgan fingerprint density at radius 3 is 1.55 bits per heavy atom. The van der Waals surface area contributed by atoms with Gasteiger partial charge in [0, 0.05) is 52.1 Å². The van der Waals surface area contributed by atoms with E-state index in [0.717, 1.165) is 48.5 Å². The number of anilines is 3. The van der Waals surface area contributed by atoms with Crippen molar-refractivity contribution in [2.24, 2.45) is 51.1 Å². The van der Waals surface area contributed by atoms with Crippen molar-refractivity contribution in [3.63, 3.8) is 0 Å². The monoisotopic (exact) mass is 1580 g/mol. The zero-order chi connectivity index (χ0) is 77.6. The summed E-state index contributed by atoms with van der Waals surface area (Å²) in [4.78, 5) is 6.67. The molecule has 0 aliphatic rings. The number of carbonyl (C=O) groups is 1. The Morgan fingerprint density at radius 1 is 0.430 bits per heavy atom. The van der Waals surface area contributed by atoms with Crippen LogP contribution in [0.2, 0.25) is 0 Å². The van der Waals surface area contributed by atoms with Crippen molar-refractivity contribution in [3.8, 4) is 28.7 Å². The Hall–Kier alpha value is -12.0. The SMILES string of the molecule is CNc1ccc2c(O)c(N=Nc3ccc4cc(S(=O)(=O)O)c(N=Nc5cccc(Nc6ccc(C(=O)O)cc6)c5)c(O)c4c3)c(S(=O)(=O)O)cc2c1N=Nc1ccc2c(O)c(N=Nc3cc(C)c(N=Nc4cc(S(=O)(=O)O)cc5cc(S(=O)(=O)O)cc(O)c45)cc3OCCCS(=O)(=O)O)c(S(=O)(=O)O)cc2c1. The van der Waals surface area contributed by atoms with Crippen LogP contribution >= 0.6 is 0 Å². The standard InChI is InChI=1S/C64H50N12O25S6/c1-31-19-49(52(101-17-4-18-102(83,84)85)30-48(31)70-72-50-27-41(103(86,87)88)21-35-22-42(104(89,90)91)28-51(77)56(35)50)71-76-58-54(106(95,96)97)24-34-20-39(13-14-43(34)61(58)78)68-73-57-46-29-55(107(98,99)100)60(62(79)44(46)15-16-47(57)65-2)75-69-40-12-9-33-23-53(105(92,93)94)59(63(80)45(33)26-40)74-67-38-6-3-5-37(25-38)66-36-10-7-32(8-11-36)64(81)82/h3,5-16,19-30,65-66,77-80H,4,17-18H2,1-2H3,(H,81,82)(H,83,84,85)(H,86,87,88)(H,89,90,91)(H,92,93,94)(H,95,96,97)(H,98,99,100). The molecule has 11 aromatic rings. The van der Waals surface area contributed by atoms with Crippen molar-refractivity contribution in [1.29, 1.82) is 0 Å². The first-order valence-corrected chi connectivity index (χ1v) is 38.7. The Bertz CT molecular complexity index is 6500. The van der Waals surface area contributed by atoms with Gasteiger partial charge in [0.1, 0.15) is 54.6 Å². The highest BCUT2D eigenvalue weighted by molar-refractivity contribution is 7.87. The number of ether oxygens (including phenoxy) is 1. The summed E-state index contributed by atoms with van der Waals surface area (Å²) in [7, 11) is -28.9. The van der Waals surface area contributed by atoms with Gasteiger partial charge >= 0.3 is 5.97 Å². The number of benzene rings is 11. The van der Waals surface area contributed by atoms with E-state index in [9.17, 15) is 108 Å². The first-order chi connectivity index (χ1) is 50.1. The third-order valence-corrected chi connectivity index (χ3v) is 20.7. The van der Waals surface area contributed by atoms with Crippen LogP contribution < -0.4 is 15.4 Å². The molecule has 0 amide bonds. The molecule has 0 radical (unpaired) electrons. The first-order valence-electron chi connectivity index (χ1n) is 29.9. The van der Waals surface area contributed by atoms with Crippen molar-refractivity contribution >= 4 is 184 Å². The van der Waals surface area contributed by atoms with E-state index in [4.69, 9.17) is 4.74 Å². The number of carboxylic acid groups (broad SMARTS) is 1. The van der Waals surface area contributed by atoms with Crippen LogP contribution in [0.3, 0.4) is 0 Å². The number of hydrogen-bond acceptors (Lipinski definition) is 30. The van der Waals surface area contributed by atoms with Crippen LogP contribution in [-0.4, -0.2) is 129 Å². The lowest BCUT2D eigenvalue weighted by Crippen LogP contribution is -2.08. The second-order valence-corrected chi connectivity index (χ2v) is 31.4. The molecule has 552 valence electrons. The number of carboxylic acids is 1. The van der Waals surface area contributed by atoms with Crippen molar-refractivity contribution in [2.75, 3.05) is 30.0 Å². The second-order valence-electron chi connectivity index (χ2n) is 22.8. The third kappa shape index (κ3) is 17.0. The molecular formula is C64H50N12O25S6. The second kappa shape index (κ2) is 29.1. The summed E-state index contributed by atoms with van der Waals surface area (Å²) >= 11 is 0. The van der Waals surface area contributed by atoms with Crippen molar-refractivity contribution < 1.29 is 113 Å². The Kier molecular flexibility index (Phi) is 20.7. The van der Waals surface area contributed by atoms with E-state index in [1.807, 2.05) is 0 Å². The van der Waals surface area contributed by atoms with Crippen molar-refractivity contribution in [3.05, 3.63) is 163 Å². The minimum Gasteiger partial charge on any atom is -0.507 e. The van der Waals surface area contributed by atoms with Gasteiger partial charge in [-0.2, -0.15) is 71.0 Å². The summed E-state index contributed by atoms with van der Waals surface area (Å²) < 4.78 is 216. The molecule has 0 spiro atoms. The number of rotatable bonds is 24. The zero-order valence-corrected chi connectivity index (χ0v) is 59.0. The van der Waals surface area contributed by atoms with Crippen LogP contribution in [0.25, 0.3) is 43.1 Å². The predicted molar refractivity (Wildman–Crippen MR) is 383 cm³/mol. The molecular weight excluding hydrogens is 1530 g/mol. The van der Waals surface area contributed by atoms with E-state index in [1.165, 1.54) is 98.9 Å². The van der Waals surface area contributed by atoms with Gasteiger partial charge in [-0.25, -0.2) is 4.79 Å². The number of aromatic carboxylic acids is 1. The highest BCUT2D eigenvalue weighted by Gasteiger charge is 2.28. The zero-order valence-electron chi connectivity index (χ0n) is 54.1. The van der Waals surface area contributed by atoms with Crippen LogP contribution in [0.4, 0.5) is 73.9 Å². The van der Waals surface area contributed by atoms with Gasteiger partial charge < -0.3 is 40.9 Å². The Morgan fingerprint density at radius 2 is 0.953 bits per heavy atom. The molecule has 11 aromatic carbocycles. The molecule has 107 heavy (non-hydrogen) atoms. The summed E-state index contributed by atoms with van der Waals surface area (Å²) in [6, 6.07) is 29.9. The van der Waals surface area contributed by atoms with Gasteiger partial charge in [-0.05, 0) is 162 Å². The molecule has 0 aromatic heterocycles. The van der Waals surface area contributed by atoms with Gasteiger partial charge in [0.05, 0.1) is 67.2 Å². The molecule has 13 N–H and O–H groups in total. The fraction of sp³-hybridized carbons (Fsp3) is 0.0781. The molecule has 0 fully saturated rings. The molecule has 0 saturated carbocycles. The average molecular weight is 1580 g/mol. The molecule has 0 aliphatic carbocycles. The summed E-state index contributed by atoms with van der Waals surface area (Å²) in [5.74, 6) is -5.71. The van der Waals surface area contributed by atoms with Gasteiger partial charge in [-0.15, -0.1) is 30.7 Å². The number of fused-ring (bicyclic) bond motifs is 4. The molecule has 0 heterocycles. The summed E-state index contributed by atoms with van der Waals surface area (Å²) in [6.45, 7) is 0.932. The van der Waals surface area contributed by atoms with Gasteiger partial charge in [0.15, 0.2) is 17.2 Å². The van der Waals surface area contributed by atoms with E-state index in [-0.39, 0.29) is 106 Å². The van der Waals surface area contributed by atoms with Crippen molar-refractivity contribution in [1.82, 2.24) is 0 Å². The number of nitrogens with one attached hydrogen (secondary N) is 2. The third-order valence-electron chi connectivity index (χ3n) is 15.6. The molecule has 0 atom stereocenters. The number of aromatic hydroxyl groups is 4. The Balaban J connectivity index is 0.909. The fourth-order valence-corrected chi connectivity index (χ4v) is 14.1. The predicted octanol–water partition coefficient (Wildman–Crippen LogP) is 14.9. The number of phenols is 4. The molecule has 37 nitrogen and oxygen atoms in total. The maximum Gasteiger partial charge on any atom is 0.335 e. The lowest BCUT2D eigenvalue weighted by molar-refractivity contribution is 0.0696. The van der Waals surface area contributed by atoms with E-state index < -0.39 is 149 Å². The minimum atomic E-state index is -5.36. The quantitative estimate of drug-likeness (QED) is 0.0152. The van der Waals surface area contributed by atoms with E-state index in [0.29, 0.717) is 17.4 Å². The van der Waals surface area contributed by atoms with E-state index in [1.54, 1.807) is 12.1 Å². The number of phenolic OH excluding ortho intramolecular Hbond substituents is 4. The fourth-order valence-electron chi connectivity index (χ4n) is 10.6. The number of azo groups is 5. The molecule has 11 rings (SSSR count). The van der Waals surface area contributed by atoms with Crippen LogP contribution in [0.1, 0.15) is 22.3 Å². The average Bonchev–Trinajstić information content (AvgIpc) is 0.765. The number of hydrogen-bond donors (Lipinski definition) is 13. The van der Waals surface area contributed by atoms with Gasteiger partial charge in [-0.3, -0.25) is 27.3 Å². The van der Waals surface area contributed by atoms with Crippen LogP contribution in [0.5, 0.6) is 28.7 Å². The number of nitrogens with zero attached hydrogens (tertiary/aromatic N) is 10. The molecule has 0 aliphatic heterocycles. The van der Waals surface area contributed by atoms with Crippen LogP contribution in [0.15, 0.2) is 227 Å². The normalized spacial score (nSPS) is 12.9. The van der Waals surface area contributed by atoms with E-state index >= 15 is 0 Å². The molecule has 0 unspecified atom stereocenters. The molecule has 0 saturated heterocycles. The lowest BCUT2D eigenvalue weighted by Gasteiger charge is -2.13. The van der Waals surface area contributed by atoms with Gasteiger partial charge in [-0.1, -0.05) is 12.1 Å². The highest BCUT2D eigenvalue weighted by Crippen LogP contribution is 2.50. The first kappa shape index (κ1) is 76.1. The maximum atomic E-state index is 13.2. The molecule has 43 heteroatoms. The Labute approximate surface area is 603 Å². The van der Waals surface area contributed by atoms with Gasteiger partial charge in [0.25, 0.3) is 60.7 Å². The lowest BCUT2D eigenvalue weighted by atomic mass is 10.1. The summed E-state index contributed by atoms with van der Waals surface area (Å²) in [5.41, 5.74) is -2.41. The van der Waals surface area contributed by atoms with Crippen LogP contribution in [0, 0.1) is 6.92 Å². The summed E-state index contributed by atoms with van der Waals surface area (Å²) in [6.07, 6.45) is -0.344. The maximum absolute atomic E-state index is 13.2. The summed E-state index contributed by atoms with van der Waals surface area (Å²) in [5, 5.41) is 100. The minimum absolute atomic E-state index is 0.00430. The topological polar surface area (TPSA) is 601 Å². The van der Waals surface area contributed by atoms with Crippen LogP contribution in [-0.2, 0) is 60.7 Å². The largest absolute Gasteiger partial charge is 0.507 e. The number of aryl methyl sites for hydroxylation is 1. The molecule has 0 bridgehead atoms.